The summed E-state index contributed by atoms with van der Waals surface area (Å²) in [6, 6.07) is 6.77. The van der Waals surface area contributed by atoms with Gasteiger partial charge < -0.3 is 11.1 Å². The molecule has 0 radical (unpaired) electrons. The van der Waals surface area contributed by atoms with E-state index < -0.39 is 10.3 Å². The van der Waals surface area contributed by atoms with Crippen LogP contribution in [0.1, 0.15) is 16.7 Å². The van der Waals surface area contributed by atoms with Crippen LogP contribution >= 0.6 is 0 Å². The van der Waals surface area contributed by atoms with Crippen LogP contribution in [0.4, 0.5) is 17.2 Å². The summed E-state index contributed by atoms with van der Waals surface area (Å²) in [6.45, 7) is 0. The van der Waals surface area contributed by atoms with E-state index in [9.17, 15) is 14.9 Å². The van der Waals surface area contributed by atoms with Crippen molar-refractivity contribution in [3.63, 3.8) is 0 Å². The number of benzene rings is 1. The Morgan fingerprint density at radius 1 is 1.32 bits per heavy atom. The molecule has 4 rings (SSSR count). The molecule has 110 valence electrons. The van der Waals surface area contributed by atoms with Crippen LogP contribution in [0.5, 0.6) is 0 Å². The number of aromatic nitrogens is 1. The summed E-state index contributed by atoms with van der Waals surface area (Å²) in [4.78, 5) is 27.2. The van der Waals surface area contributed by atoms with E-state index in [0.29, 0.717) is 18.7 Å². The molecule has 0 bridgehead atoms. The minimum Gasteiger partial charge on any atom is -0.393 e. The van der Waals surface area contributed by atoms with Crippen LogP contribution in [0.15, 0.2) is 30.5 Å². The minimum atomic E-state index is -0.729. The Hall–Kier alpha value is -2.96. The second kappa shape index (κ2) is 4.03. The normalized spacial score (nSPS) is 21.5. The van der Waals surface area contributed by atoms with E-state index >= 15 is 0 Å². The van der Waals surface area contributed by atoms with Gasteiger partial charge in [0.1, 0.15) is 11.5 Å². The number of rotatable bonds is 1. The molecule has 1 unspecified atom stereocenters. The molecular formula is C15H12N4O3. The average Bonchev–Trinajstić information content (AvgIpc) is 2.97. The predicted molar refractivity (Wildman–Crippen MR) is 79.5 cm³/mol. The highest BCUT2D eigenvalue weighted by atomic mass is 16.6. The van der Waals surface area contributed by atoms with Gasteiger partial charge in [-0.15, -0.1) is 0 Å². The Bertz CT molecular complexity index is 849. The number of hydrogen-bond acceptors (Lipinski definition) is 5. The number of hydrogen-bond donors (Lipinski definition) is 2. The van der Waals surface area contributed by atoms with Crippen LogP contribution in [0.25, 0.3) is 0 Å². The van der Waals surface area contributed by atoms with Crippen molar-refractivity contribution in [3.05, 3.63) is 57.3 Å². The van der Waals surface area contributed by atoms with E-state index in [1.807, 2.05) is 6.07 Å². The lowest BCUT2D eigenvalue weighted by Crippen LogP contribution is -2.35. The van der Waals surface area contributed by atoms with Crippen LogP contribution in [-0.2, 0) is 23.1 Å². The number of carbonyl (C=O) groups is 1. The van der Waals surface area contributed by atoms with E-state index in [0.717, 1.165) is 16.7 Å². The van der Waals surface area contributed by atoms with Crippen molar-refractivity contribution >= 4 is 23.1 Å². The molecule has 22 heavy (non-hydrogen) atoms. The van der Waals surface area contributed by atoms with Crippen molar-refractivity contribution in [1.82, 2.24) is 4.98 Å². The molecule has 7 nitrogen and oxygen atoms in total. The molecule has 3 N–H and O–H groups in total. The van der Waals surface area contributed by atoms with Gasteiger partial charge in [0.15, 0.2) is 0 Å². The number of anilines is 2. The van der Waals surface area contributed by atoms with Gasteiger partial charge >= 0.3 is 0 Å². The molecule has 7 heteroatoms. The molecular weight excluding hydrogens is 284 g/mol. The summed E-state index contributed by atoms with van der Waals surface area (Å²) < 4.78 is 0. The smallest absolute Gasteiger partial charge is 0.292 e. The maximum Gasteiger partial charge on any atom is 0.292 e. The molecule has 1 aromatic carbocycles. The largest absolute Gasteiger partial charge is 0.393 e. The third-order valence-corrected chi connectivity index (χ3v) is 4.52. The van der Waals surface area contributed by atoms with Gasteiger partial charge in [0.05, 0.1) is 10.3 Å². The Labute approximate surface area is 125 Å². The van der Waals surface area contributed by atoms with Gasteiger partial charge in [0.2, 0.25) is 5.91 Å². The van der Waals surface area contributed by atoms with E-state index in [2.05, 4.69) is 10.3 Å². The number of nitrogens with one attached hydrogen (secondary N) is 1. The van der Waals surface area contributed by atoms with Crippen molar-refractivity contribution in [1.29, 1.82) is 0 Å². The third-order valence-electron chi connectivity index (χ3n) is 4.52. The number of amides is 1. The number of nitrogens with zero attached hydrogens (tertiary/aromatic N) is 2. The Morgan fingerprint density at radius 2 is 2.05 bits per heavy atom. The van der Waals surface area contributed by atoms with Crippen LogP contribution in [0, 0.1) is 10.1 Å². The first-order chi connectivity index (χ1) is 10.5. The zero-order chi connectivity index (χ0) is 15.5. The lowest BCUT2D eigenvalue weighted by molar-refractivity contribution is -0.384. The average molecular weight is 296 g/mol. The van der Waals surface area contributed by atoms with Crippen LogP contribution in [-0.4, -0.2) is 15.8 Å². The highest BCUT2D eigenvalue weighted by Gasteiger charge is 2.51. The summed E-state index contributed by atoms with van der Waals surface area (Å²) in [5.41, 5.74) is 7.58. The van der Waals surface area contributed by atoms with E-state index in [-0.39, 0.29) is 17.3 Å². The molecule has 0 saturated carbocycles. The maximum atomic E-state index is 12.5. The van der Waals surface area contributed by atoms with E-state index in [1.165, 1.54) is 6.07 Å². The number of carbonyl (C=O) groups excluding carboxylic acids is 1. The van der Waals surface area contributed by atoms with Crippen LogP contribution < -0.4 is 11.1 Å². The molecule has 1 atom stereocenters. The SMILES string of the molecule is Nc1cc2c(cc1[N+](=O)[O-])CC1(C2)C(=O)Nc2ncccc21. The van der Waals surface area contributed by atoms with E-state index in [4.69, 9.17) is 5.73 Å². The Morgan fingerprint density at radius 3 is 2.77 bits per heavy atom. The first kappa shape index (κ1) is 12.8. The second-order valence-electron chi connectivity index (χ2n) is 5.73. The number of fused-ring (bicyclic) bond motifs is 3. The fourth-order valence-electron chi connectivity index (χ4n) is 3.49. The summed E-state index contributed by atoms with van der Waals surface area (Å²) in [5.74, 6) is 0.460. The number of nitrogens with two attached hydrogens (primary N) is 1. The second-order valence-corrected chi connectivity index (χ2v) is 5.73. The molecule has 1 aromatic heterocycles. The van der Waals surface area contributed by atoms with Crippen molar-refractivity contribution in [3.8, 4) is 0 Å². The lowest BCUT2D eigenvalue weighted by Gasteiger charge is -2.20. The highest BCUT2D eigenvalue weighted by molar-refractivity contribution is 6.06. The highest BCUT2D eigenvalue weighted by Crippen LogP contribution is 2.47. The number of pyridine rings is 1. The molecule has 2 heterocycles. The van der Waals surface area contributed by atoms with Gasteiger partial charge in [-0.2, -0.15) is 0 Å². The number of nitro benzene ring substituents is 1. The lowest BCUT2D eigenvalue weighted by atomic mass is 9.79. The zero-order valence-electron chi connectivity index (χ0n) is 11.5. The quantitative estimate of drug-likeness (QED) is 0.471. The minimum absolute atomic E-state index is 0.111. The van der Waals surface area contributed by atoms with Crippen molar-refractivity contribution in [2.24, 2.45) is 0 Å². The molecule has 2 aliphatic rings. The van der Waals surface area contributed by atoms with Crippen LogP contribution in [0.3, 0.4) is 0 Å². The monoisotopic (exact) mass is 296 g/mol. The molecule has 1 aliphatic heterocycles. The fraction of sp³-hybridized carbons (Fsp3) is 0.200. The summed E-state index contributed by atoms with van der Waals surface area (Å²) in [6.07, 6.45) is 2.53. The van der Waals surface area contributed by atoms with Gasteiger partial charge in [-0.3, -0.25) is 14.9 Å². The third kappa shape index (κ3) is 1.50. The molecule has 0 saturated heterocycles. The fourth-order valence-corrected chi connectivity index (χ4v) is 3.49. The van der Waals surface area contributed by atoms with Crippen molar-refractivity contribution < 1.29 is 9.72 Å². The first-order valence-corrected chi connectivity index (χ1v) is 6.84. The maximum absolute atomic E-state index is 12.5. The topological polar surface area (TPSA) is 111 Å². The summed E-state index contributed by atoms with van der Waals surface area (Å²) in [7, 11) is 0. The Balaban J connectivity index is 1.85. The van der Waals surface area contributed by atoms with Gasteiger partial charge in [-0.25, -0.2) is 4.98 Å². The predicted octanol–water partition coefficient (Wildman–Crippen LogP) is 1.56. The van der Waals surface area contributed by atoms with Crippen molar-refractivity contribution in [2.45, 2.75) is 18.3 Å². The van der Waals surface area contributed by atoms with Crippen molar-refractivity contribution in [2.75, 3.05) is 11.1 Å². The molecule has 2 aromatic rings. The van der Waals surface area contributed by atoms with Crippen LogP contribution in [0.2, 0.25) is 0 Å². The summed E-state index contributed by atoms with van der Waals surface area (Å²) in [5, 5.41) is 13.8. The van der Waals surface area contributed by atoms with Gasteiger partial charge in [-0.05, 0) is 36.1 Å². The standard InChI is InChI=1S/C15H12N4O3/c16-11-4-8-6-15(7-9(8)5-12(11)19(21)22)10-2-1-3-17-13(10)18-14(15)20/h1-5H,6-7,16H2,(H,17,18,20). The number of nitrogen functional groups attached to an aromatic ring is 1. The van der Waals surface area contributed by atoms with Gasteiger partial charge in [0, 0.05) is 17.8 Å². The molecule has 1 aliphatic carbocycles. The molecule has 1 spiro atoms. The number of nitro groups is 1. The summed E-state index contributed by atoms with van der Waals surface area (Å²) >= 11 is 0. The Kier molecular flexibility index (Phi) is 2.34. The zero-order valence-corrected chi connectivity index (χ0v) is 11.5. The molecule has 0 fully saturated rings. The van der Waals surface area contributed by atoms with Gasteiger partial charge in [-0.1, -0.05) is 6.07 Å². The first-order valence-electron chi connectivity index (χ1n) is 6.84. The molecule has 1 amide bonds. The van der Waals surface area contributed by atoms with E-state index in [1.54, 1.807) is 18.3 Å². The van der Waals surface area contributed by atoms with Gasteiger partial charge in [0.25, 0.3) is 5.69 Å².